The average molecular weight is 478 g/mol. The lowest BCUT2D eigenvalue weighted by atomic mass is 9.84. The number of hydrazone groups is 1. The van der Waals surface area contributed by atoms with Crippen LogP contribution in [0.3, 0.4) is 0 Å². The van der Waals surface area contributed by atoms with E-state index in [2.05, 4.69) is 27.6 Å². The number of hydrogen-bond donors (Lipinski definition) is 1. The summed E-state index contributed by atoms with van der Waals surface area (Å²) in [4.78, 5) is 16.0. The van der Waals surface area contributed by atoms with Gasteiger partial charge in [-0.2, -0.15) is 5.10 Å². The zero-order chi connectivity index (χ0) is 23.6. The van der Waals surface area contributed by atoms with Gasteiger partial charge in [-0.3, -0.25) is 9.78 Å². The van der Waals surface area contributed by atoms with Crippen molar-refractivity contribution in [3.05, 3.63) is 88.7 Å². The van der Waals surface area contributed by atoms with Gasteiger partial charge in [0.25, 0.3) is 5.91 Å². The molecule has 1 N–H and O–H groups in total. The van der Waals surface area contributed by atoms with Crippen molar-refractivity contribution in [2.75, 3.05) is 13.2 Å². The molecule has 1 saturated carbocycles. The van der Waals surface area contributed by atoms with Gasteiger partial charge in [0, 0.05) is 28.5 Å². The number of carbonyl (C=O) groups is 1. The molecule has 0 unspecified atom stereocenters. The molecule has 1 aliphatic carbocycles. The van der Waals surface area contributed by atoms with E-state index in [-0.39, 0.29) is 5.91 Å². The molecule has 0 atom stereocenters. The van der Waals surface area contributed by atoms with Crippen LogP contribution in [0.15, 0.2) is 72.1 Å². The minimum Gasteiger partial charge on any atom is -0.490 e. The number of halogens is 1. The highest BCUT2D eigenvalue weighted by molar-refractivity contribution is 6.30. The SMILES string of the molecule is O=C(NN=Cc1cc(Cl)ccc1OCCOc1ccc(C2CCCCC2)cc1)c1ccncc1. The molecule has 1 amide bonds. The van der Waals surface area contributed by atoms with Crippen molar-refractivity contribution in [1.29, 1.82) is 0 Å². The van der Waals surface area contributed by atoms with Crippen LogP contribution in [0.1, 0.15) is 59.5 Å². The predicted molar refractivity (Wildman–Crippen MR) is 134 cm³/mol. The maximum Gasteiger partial charge on any atom is 0.271 e. The van der Waals surface area contributed by atoms with Gasteiger partial charge in [-0.05, 0) is 66.8 Å². The van der Waals surface area contributed by atoms with Crippen LogP contribution in [-0.2, 0) is 0 Å². The summed E-state index contributed by atoms with van der Waals surface area (Å²) in [5, 5.41) is 4.57. The van der Waals surface area contributed by atoms with E-state index in [1.807, 2.05) is 12.1 Å². The third-order valence-electron chi connectivity index (χ3n) is 5.85. The second-order valence-electron chi connectivity index (χ2n) is 8.22. The monoisotopic (exact) mass is 477 g/mol. The number of pyridine rings is 1. The molecule has 1 heterocycles. The summed E-state index contributed by atoms with van der Waals surface area (Å²) >= 11 is 6.13. The lowest BCUT2D eigenvalue weighted by Gasteiger charge is -2.22. The number of benzene rings is 2. The summed E-state index contributed by atoms with van der Waals surface area (Å²) in [6.45, 7) is 0.761. The normalized spacial score (nSPS) is 14.1. The fourth-order valence-corrected chi connectivity index (χ4v) is 4.24. The molecular weight excluding hydrogens is 450 g/mol. The van der Waals surface area contributed by atoms with Crippen LogP contribution in [0, 0.1) is 0 Å². The van der Waals surface area contributed by atoms with E-state index in [4.69, 9.17) is 21.1 Å². The van der Waals surface area contributed by atoms with Crippen molar-refractivity contribution in [1.82, 2.24) is 10.4 Å². The van der Waals surface area contributed by atoms with E-state index in [0.29, 0.717) is 41.0 Å². The first-order valence-corrected chi connectivity index (χ1v) is 12.0. The summed E-state index contributed by atoms with van der Waals surface area (Å²) < 4.78 is 11.7. The lowest BCUT2D eigenvalue weighted by molar-refractivity contribution is 0.0955. The molecule has 0 aliphatic heterocycles. The topological polar surface area (TPSA) is 72.8 Å². The summed E-state index contributed by atoms with van der Waals surface area (Å²) in [6, 6.07) is 16.9. The van der Waals surface area contributed by atoms with E-state index in [1.165, 1.54) is 43.9 Å². The summed E-state index contributed by atoms with van der Waals surface area (Å²) in [5.74, 6) is 1.79. The minimum absolute atomic E-state index is 0.328. The van der Waals surface area contributed by atoms with Crippen LogP contribution in [0.4, 0.5) is 0 Å². The van der Waals surface area contributed by atoms with E-state index < -0.39 is 0 Å². The number of carbonyl (C=O) groups excluding carboxylic acids is 1. The van der Waals surface area contributed by atoms with Crippen LogP contribution >= 0.6 is 11.6 Å². The third kappa shape index (κ3) is 6.81. The van der Waals surface area contributed by atoms with Gasteiger partial charge in [0.15, 0.2) is 0 Å². The van der Waals surface area contributed by atoms with Crippen LogP contribution < -0.4 is 14.9 Å². The molecule has 0 radical (unpaired) electrons. The maximum atomic E-state index is 12.1. The standard InChI is InChI=1S/C27H28ClN3O3/c28-24-8-11-26(23(18-24)19-30-31-27(32)22-12-14-29-15-13-22)34-17-16-33-25-9-6-21(7-10-25)20-4-2-1-3-5-20/h6-15,18-20H,1-5,16-17H2,(H,31,32). The Balaban J connectivity index is 1.27. The number of amides is 1. The average Bonchev–Trinajstić information content (AvgIpc) is 2.89. The van der Waals surface area contributed by atoms with Gasteiger partial charge in [-0.15, -0.1) is 0 Å². The largest absolute Gasteiger partial charge is 0.490 e. The Morgan fingerprint density at radius 2 is 1.74 bits per heavy atom. The Hall–Kier alpha value is -3.38. The zero-order valence-electron chi connectivity index (χ0n) is 19.0. The minimum atomic E-state index is -0.328. The highest BCUT2D eigenvalue weighted by atomic mass is 35.5. The molecule has 1 aliphatic rings. The third-order valence-corrected chi connectivity index (χ3v) is 6.09. The highest BCUT2D eigenvalue weighted by Crippen LogP contribution is 2.33. The van der Waals surface area contributed by atoms with Crippen molar-refractivity contribution >= 4 is 23.7 Å². The van der Waals surface area contributed by atoms with Crippen LogP contribution in [0.2, 0.25) is 5.02 Å². The van der Waals surface area contributed by atoms with Crippen molar-refractivity contribution in [2.45, 2.75) is 38.0 Å². The predicted octanol–water partition coefficient (Wildman–Crippen LogP) is 6.00. The Morgan fingerprint density at radius 3 is 2.50 bits per heavy atom. The zero-order valence-corrected chi connectivity index (χ0v) is 19.7. The van der Waals surface area contributed by atoms with E-state index in [9.17, 15) is 4.79 Å². The van der Waals surface area contributed by atoms with Crippen molar-refractivity contribution in [3.63, 3.8) is 0 Å². The van der Waals surface area contributed by atoms with Gasteiger partial charge in [0.2, 0.25) is 0 Å². The van der Waals surface area contributed by atoms with Crippen LogP contribution in [0.5, 0.6) is 11.5 Å². The lowest BCUT2D eigenvalue weighted by Crippen LogP contribution is -2.17. The first-order valence-electron chi connectivity index (χ1n) is 11.6. The molecule has 6 nitrogen and oxygen atoms in total. The van der Waals surface area contributed by atoms with E-state index >= 15 is 0 Å². The molecule has 34 heavy (non-hydrogen) atoms. The van der Waals surface area contributed by atoms with Gasteiger partial charge in [0.05, 0.1) is 6.21 Å². The fraction of sp³-hybridized carbons (Fsp3) is 0.296. The Bertz CT molecular complexity index is 1100. The number of rotatable bonds is 9. The fourth-order valence-electron chi connectivity index (χ4n) is 4.06. The molecule has 0 spiro atoms. The van der Waals surface area contributed by atoms with E-state index in [0.717, 1.165) is 5.75 Å². The van der Waals surface area contributed by atoms with Crippen molar-refractivity contribution in [3.8, 4) is 11.5 Å². The molecular formula is C27H28ClN3O3. The number of nitrogens with one attached hydrogen (secondary N) is 1. The van der Waals surface area contributed by atoms with Gasteiger partial charge in [-0.25, -0.2) is 5.43 Å². The Labute approximate surface area is 205 Å². The second kappa shape index (κ2) is 12.2. The van der Waals surface area contributed by atoms with Gasteiger partial charge in [-0.1, -0.05) is 43.0 Å². The summed E-state index contributed by atoms with van der Waals surface area (Å²) in [5.41, 5.74) is 5.02. The van der Waals surface area contributed by atoms with Gasteiger partial charge >= 0.3 is 0 Å². The molecule has 2 aromatic carbocycles. The second-order valence-corrected chi connectivity index (χ2v) is 8.65. The molecule has 176 valence electrons. The smallest absolute Gasteiger partial charge is 0.271 e. The van der Waals surface area contributed by atoms with Crippen LogP contribution in [-0.4, -0.2) is 30.3 Å². The van der Waals surface area contributed by atoms with Gasteiger partial charge < -0.3 is 9.47 Å². The first-order chi connectivity index (χ1) is 16.7. The molecule has 0 saturated heterocycles. The Kier molecular flexibility index (Phi) is 8.52. The number of hydrogen-bond acceptors (Lipinski definition) is 5. The number of ether oxygens (including phenoxy) is 2. The summed E-state index contributed by atoms with van der Waals surface area (Å²) in [6.07, 6.45) is 11.2. The molecule has 3 aromatic rings. The number of nitrogens with zero attached hydrogens (tertiary/aromatic N) is 2. The van der Waals surface area contributed by atoms with Gasteiger partial charge in [0.1, 0.15) is 24.7 Å². The molecule has 7 heteroatoms. The van der Waals surface area contributed by atoms with Crippen molar-refractivity contribution < 1.29 is 14.3 Å². The molecule has 1 fully saturated rings. The first kappa shape index (κ1) is 23.8. The maximum absolute atomic E-state index is 12.1. The quantitative estimate of drug-likeness (QED) is 0.233. The Morgan fingerprint density at radius 1 is 1.00 bits per heavy atom. The molecule has 1 aromatic heterocycles. The molecule has 0 bridgehead atoms. The number of aromatic nitrogens is 1. The van der Waals surface area contributed by atoms with E-state index in [1.54, 1.807) is 42.7 Å². The van der Waals surface area contributed by atoms with Crippen LogP contribution in [0.25, 0.3) is 0 Å². The summed E-state index contributed by atoms with van der Waals surface area (Å²) in [7, 11) is 0. The highest BCUT2D eigenvalue weighted by Gasteiger charge is 2.15. The molecule has 4 rings (SSSR count). The van der Waals surface area contributed by atoms with Crippen molar-refractivity contribution in [2.24, 2.45) is 5.10 Å².